The Labute approximate surface area is 167 Å². The highest BCUT2D eigenvalue weighted by Gasteiger charge is 2.24. The van der Waals surface area contributed by atoms with Crippen LogP contribution >= 0.6 is 0 Å². The molecule has 1 saturated heterocycles. The summed E-state index contributed by atoms with van der Waals surface area (Å²) < 4.78 is 5.28. The molecule has 1 unspecified atom stereocenters. The normalized spacial score (nSPS) is 15.7. The van der Waals surface area contributed by atoms with E-state index < -0.39 is 0 Å². The predicted molar refractivity (Wildman–Crippen MR) is 107 cm³/mol. The Balaban J connectivity index is 1.79. The SMILES string of the molecule is CC(C)COC(=O)N1CCCN(C(=O)CC(C)NC(=O)c2ccccc2)CC1. The van der Waals surface area contributed by atoms with Gasteiger partial charge in [-0.1, -0.05) is 32.0 Å². The van der Waals surface area contributed by atoms with Crippen molar-refractivity contribution >= 4 is 17.9 Å². The molecule has 0 aromatic heterocycles. The number of hydrogen-bond acceptors (Lipinski definition) is 4. The summed E-state index contributed by atoms with van der Waals surface area (Å²) in [4.78, 5) is 40.4. The lowest BCUT2D eigenvalue weighted by Crippen LogP contribution is -2.41. The maximum atomic E-state index is 12.6. The predicted octanol–water partition coefficient (Wildman–Crippen LogP) is 2.52. The average Bonchev–Trinajstić information content (AvgIpc) is 2.93. The zero-order valence-corrected chi connectivity index (χ0v) is 17.0. The van der Waals surface area contributed by atoms with E-state index in [-0.39, 0.29) is 30.4 Å². The number of benzene rings is 1. The summed E-state index contributed by atoms with van der Waals surface area (Å²) in [5, 5.41) is 2.87. The maximum absolute atomic E-state index is 12.6. The van der Waals surface area contributed by atoms with Crippen LogP contribution in [0.4, 0.5) is 4.79 Å². The van der Waals surface area contributed by atoms with Gasteiger partial charge in [-0.2, -0.15) is 0 Å². The molecule has 2 rings (SSSR count). The molecule has 1 N–H and O–H groups in total. The van der Waals surface area contributed by atoms with Crippen molar-refractivity contribution in [2.24, 2.45) is 5.92 Å². The molecule has 0 bridgehead atoms. The third kappa shape index (κ3) is 6.87. The van der Waals surface area contributed by atoms with Crippen LogP contribution in [-0.2, 0) is 9.53 Å². The highest BCUT2D eigenvalue weighted by molar-refractivity contribution is 5.94. The van der Waals surface area contributed by atoms with Crippen molar-refractivity contribution in [2.75, 3.05) is 32.8 Å². The lowest BCUT2D eigenvalue weighted by molar-refractivity contribution is -0.131. The molecule has 1 fully saturated rings. The van der Waals surface area contributed by atoms with E-state index >= 15 is 0 Å². The van der Waals surface area contributed by atoms with Crippen molar-refractivity contribution < 1.29 is 19.1 Å². The number of rotatable bonds is 6. The van der Waals surface area contributed by atoms with Crippen LogP contribution in [0.2, 0.25) is 0 Å². The standard InChI is InChI=1S/C21H31N3O4/c1-16(2)15-28-21(27)24-11-7-10-23(12-13-24)19(25)14-17(3)22-20(26)18-8-5-4-6-9-18/h4-6,8-9,16-17H,7,10-15H2,1-3H3,(H,22,26). The smallest absolute Gasteiger partial charge is 0.409 e. The summed E-state index contributed by atoms with van der Waals surface area (Å²) in [5.41, 5.74) is 0.576. The van der Waals surface area contributed by atoms with Crippen LogP contribution in [0.25, 0.3) is 0 Å². The number of nitrogens with one attached hydrogen (secondary N) is 1. The fourth-order valence-corrected chi connectivity index (χ4v) is 3.02. The van der Waals surface area contributed by atoms with Gasteiger partial charge in [0.15, 0.2) is 0 Å². The Kier molecular flexibility index (Phi) is 8.29. The van der Waals surface area contributed by atoms with Crippen LogP contribution in [0.5, 0.6) is 0 Å². The molecule has 154 valence electrons. The summed E-state index contributed by atoms with van der Waals surface area (Å²) in [5.74, 6) is 0.0932. The molecular weight excluding hydrogens is 358 g/mol. The van der Waals surface area contributed by atoms with Crippen molar-refractivity contribution in [3.05, 3.63) is 35.9 Å². The minimum Gasteiger partial charge on any atom is -0.449 e. The summed E-state index contributed by atoms with van der Waals surface area (Å²) in [6.45, 7) is 8.35. The molecule has 7 heteroatoms. The third-order valence-electron chi connectivity index (χ3n) is 4.54. The lowest BCUT2D eigenvalue weighted by atomic mass is 10.1. The molecule has 1 heterocycles. The number of carbonyl (C=O) groups is 3. The quantitative estimate of drug-likeness (QED) is 0.811. The highest BCUT2D eigenvalue weighted by atomic mass is 16.6. The van der Waals surface area contributed by atoms with Gasteiger partial charge in [0, 0.05) is 44.2 Å². The van der Waals surface area contributed by atoms with Crippen molar-refractivity contribution in [3.63, 3.8) is 0 Å². The molecule has 1 aliphatic heterocycles. The van der Waals surface area contributed by atoms with Gasteiger partial charge < -0.3 is 19.9 Å². The number of carbonyl (C=O) groups excluding carboxylic acids is 3. The Morgan fingerprint density at radius 2 is 1.64 bits per heavy atom. The molecule has 1 atom stereocenters. The van der Waals surface area contributed by atoms with Gasteiger partial charge in [-0.05, 0) is 31.4 Å². The largest absolute Gasteiger partial charge is 0.449 e. The van der Waals surface area contributed by atoms with Gasteiger partial charge in [0.1, 0.15) is 0 Å². The molecule has 0 saturated carbocycles. The Morgan fingerprint density at radius 1 is 1.00 bits per heavy atom. The van der Waals surface area contributed by atoms with Gasteiger partial charge in [0.2, 0.25) is 5.91 Å². The van der Waals surface area contributed by atoms with E-state index in [9.17, 15) is 14.4 Å². The highest BCUT2D eigenvalue weighted by Crippen LogP contribution is 2.09. The minimum absolute atomic E-state index is 0.0155. The third-order valence-corrected chi connectivity index (χ3v) is 4.54. The summed E-state index contributed by atoms with van der Waals surface area (Å²) in [6.07, 6.45) is 0.635. The van der Waals surface area contributed by atoms with Crippen molar-refractivity contribution in [1.82, 2.24) is 15.1 Å². The molecule has 3 amide bonds. The first-order chi connectivity index (χ1) is 13.4. The first kappa shape index (κ1) is 21.7. The number of nitrogens with zero attached hydrogens (tertiary/aromatic N) is 2. The second-order valence-corrected chi connectivity index (χ2v) is 7.64. The lowest BCUT2D eigenvalue weighted by Gasteiger charge is -2.23. The first-order valence-corrected chi connectivity index (χ1v) is 9.92. The van der Waals surface area contributed by atoms with Gasteiger partial charge in [-0.3, -0.25) is 9.59 Å². The second-order valence-electron chi connectivity index (χ2n) is 7.64. The second kappa shape index (κ2) is 10.7. The van der Waals surface area contributed by atoms with Gasteiger partial charge in [-0.15, -0.1) is 0 Å². The topological polar surface area (TPSA) is 79.0 Å². The van der Waals surface area contributed by atoms with E-state index in [1.807, 2.05) is 26.8 Å². The molecule has 0 spiro atoms. The van der Waals surface area contributed by atoms with E-state index in [4.69, 9.17) is 4.74 Å². The summed E-state index contributed by atoms with van der Waals surface area (Å²) in [7, 11) is 0. The monoisotopic (exact) mass is 389 g/mol. The number of amides is 3. The van der Waals surface area contributed by atoms with Crippen LogP contribution < -0.4 is 5.32 Å². The van der Waals surface area contributed by atoms with Gasteiger partial charge in [0.25, 0.3) is 5.91 Å². The van der Waals surface area contributed by atoms with Crippen LogP contribution in [0, 0.1) is 5.92 Å². The minimum atomic E-state index is -0.313. The van der Waals surface area contributed by atoms with Crippen LogP contribution in [0.1, 0.15) is 44.0 Å². The molecule has 0 radical (unpaired) electrons. The van der Waals surface area contributed by atoms with E-state index in [0.717, 1.165) is 0 Å². The summed E-state index contributed by atoms with van der Waals surface area (Å²) in [6, 6.07) is 8.68. The molecule has 1 aliphatic rings. The van der Waals surface area contributed by atoms with E-state index in [0.29, 0.717) is 50.7 Å². The molecule has 28 heavy (non-hydrogen) atoms. The van der Waals surface area contributed by atoms with E-state index in [1.54, 1.807) is 34.1 Å². The Morgan fingerprint density at radius 3 is 2.32 bits per heavy atom. The van der Waals surface area contributed by atoms with Crippen LogP contribution in [0.3, 0.4) is 0 Å². The van der Waals surface area contributed by atoms with Gasteiger partial charge in [-0.25, -0.2) is 4.79 Å². The molecule has 1 aromatic carbocycles. The fourth-order valence-electron chi connectivity index (χ4n) is 3.02. The number of hydrogen-bond donors (Lipinski definition) is 1. The van der Waals surface area contributed by atoms with Gasteiger partial charge in [0.05, 0.1) is 6.61 Å². The fraction of sp³-hybridized carbons (Fsp3) is 0.571. The molecule has 1 aromatic rings. The van der Waals surface area contributed by atoms with Gasteiger partial charge >= 0.3 is 6.09 Å². The summed E-state index contributed by atoms with van der Waals surface area (Å²) >= 11 is 0. The average molecular weight is 389 g/mol. The van der Waals surface area contributed by atoms with Crippen LogP contribution in [0.15, 0.2) is 30.3 Å². The molecule has 7 nitrogen and oxygen atoms in total. The van der Waals surface area contributed by atoms with Crippen molar-refractivity contribution in [3.8, 4) is 0 Å². The van der Waals surface area contributed by atoms with E-state index in [2.05, 4.69) is 5.32 Å². The number of ether oxygens (including phenoxy) is 1. The molecular formula is C21H31N3O4. The molecule has 0 aliphatic carbocycles. The van der Waals surface area contributed by atoms with Crippen LogP contribution in [-0.4, -0.2) is 66.5 Å². The Bertz CT molecular complexity index is 663. The Hall–Kier alpha value is -2.57. The zero-order chi connectivity index (χ0) is 20.5. The van der Waals surface area contributed by atoms with Crippen molar-refractivity contribution in [2.45, 2.75) is 39.7 Å². The first-order valence-electron chi connectivity index (χ1n) is 9.92. The van der Waals surface area contributed by atoms with E-state index in [1.165, 1.54) is 0 Å². The van der Waals surface area contributed by atoms with Crippen molar-refractivity contribution in [1.29, 1.82) is 0 Å². The maximum Gasteiger partial charge on any atom is 0.409 e. The zero-order valence-electron chi connectivity index (χ0n) is 17.0.